The second-order valence-corrected chi connectivity index (χ2v) is 18.9. The molecule has 0 N–H and O–H groups in total. The highest BCUT2D eigenvalue weighted by molar-refractivity contribution is 9.11. The van der Waals surface area contributed by atoms with Gasteiger partial charge in [0.2, 0.25) is 0 Å². The van der Waals surface area contributed by atoms with Gasteiger partial charge in [-0.2, -0.15) is 0 Å². The second-order valence-electron chi connectivity index (χ2n) is 12.4. The van der Waals surface area contributed by atoms with Gasteiger partial charge in [0.05, 0.1) is 22.0 Å². The van der Waals surface area contributed by atoms with Gasteiger partial charge >= 0.3 is 0 Å². The third-order valence-corrected chi connectivity index (χ3v) is 15.0. The van der Waals surface area contributed by atoms with Crippen LogP contribution in [-0.4, -0.2) is 9.59 Å². The number of nitrogens with zero attached hydrogens (tertiary/aromatic N) is 2. The number of rotatable bonds is 24. The van der Waals surface area contributed by atoms with E-state index < -0.39 is 0 Å². The lowest BCUT2D eigenvalue weighted by Gasteiger charge is -2.02. The standard InChI is InChI=1S/C36H52Br2N2S4/c1-3-5-7-9-11-13-15-17-19-21-23-27-25-29(41-35(27)37)32-31-34(44-40-39-31)33(43-32)30-26-28(36(38)42-30)24-22-20-18-16-14-12-10-8-6-4-2/h25-26H,3-24H2,1-2H3. The Morgan fingerprint density at radius 3 is 1.39 bits per heavy atom. The molecular formula is C36H52Br2N2S4. The van der Waals surface area contributed by atoms with E-state index in [2.05, 4.69) is 67.4 Å². The molecule has 0 fully saturated rings. The lowest BCUT2D eigenvalue weighted by molar-refractivity contribution is 0.556. The van der Waals surface area contributed by atoms with Gasteiger partial charge in [0.15, 0.2) is 0 Å². The van der Waals surface area contributed by atoms with E-state index in [0.717, 1.165) is 18.4 Å². The molecule has 0 spiro atoms. The molecule has 4 aromatic rings. The van der Waals surface area contributed by atoms with Gasteiger partial charge in [0, 0.05) is 9.75 Å². The van der Waals surface area contributed by atoms with Crippen molar-refractivity contribution in [2.24, 2.45) is 0 Å². The Bertz CT molecular complexity index is 1250. The Morgan fingerprint density at radius 1 is 0.523 bits per heavy atom. The second kappa shape index (κ2) is 21.0. The molecule has 0 aliphatic heterocycles. The number of aromatic nitrogens is 2. The molecule has 4 aromatic heterocycles. The van der Waals surface area contributed by atoms with Crippen LogP contribution >= 0.6 is 77.4 Å². The maximum atomic E-state index is 4.61. The van der Waals surface area contributed by atoms with Gasteiger partial charge in [-0.15, -0.1) is 39.1 Å². The lowest BCUT2D eigenvalue weighted by Crippen LogP contribution is -1.85. The Kier molecular flexibility index (Phi) is 17.5. The van der Waals surface area contributed by atoms with Gasteiger partial charge in [-0.1, -0.05) is 134 Å². The summed E-state index contributed by atoms with van der Waals surface area (Å²) < 4.78 is 8.21. The van der Waals surface area contributed by atoms with E-state index >= 15 is 0 Å². The van der Waals surface area contributed by atoms with Crippen LogP contribution < -0.4 is 0 Å². The van der Waals surface area contributed by atoms with E-state index in [0.29, 0.717) is 0 Å². The monoisotopic (exact) mass is 798 g/mol. The van der Waals surface area contributed by atoms with Crippen molar-refractivity contribution in [1.29, 1.82) is 0 Å². The van der Waals surface area contributed by atoms with Crippen molar-refractivity contribution in [1.82, 2.24) is 9.59 Å². The third-order valence-electron chi connectivity index (χ3n) is 8.68. The maximum Gasteiger partial charge on any atom is 0.126 e. The molecule has 0 radical (unpaired) electrons. The van der Waals surface area contributed by atoms with Gasteiger partial charge in [-0.3, -0.25) is 0 Å². The number of hydrogen-bond donors (Lipinski definition) is 0. The SMILES string of the molecule is CCCCCCCCCCCCc1cc(-c2sc(-c3cc(CCCCCCCCCCCC)c(Br)s3)c3snnc23)sc1Br. The predicted molar refractivity (Wildman–Crippen MR) is 208 cm³/mol. The zero-order chi connectivity index (χ0) is 31.0. The third kappa shape index (κ3) is 11.5. The first-order valence-corrected chi connectivity index (χ1v) is 22.2. The minimum Gasteiger partial charge on any atom is -0.136 e. The van der Waals surface area contributed by atoms with Gasteiger partial charge in [0.25, 0.3) is 0 Å². The van der Waals surface area contributed by atoms with Gasteiger partial charge in [0.1, 0.15) is 5.52 Å². The fourth-order valence-electron chi connectivity index (χ4n) is 6.00. The molecule has 0 bridgehead atoms. The Balaban J connectivity index is 1.27. The van der Waals surface area contributed by atoms with E-state index in [-0.39, 0.29) is 0 Å². The molecule has 4 rings (SSSR count). The lowest BCUT2D eigenvalue weighted by atomic mass is 10.0. The number of unbranched alkanes of at least 4 members (excludes halogenated alkanes) is 18. The van der Waals surface area contributed by atoms with E-state index in [9.17, 15) is 0 Å². The van der Waals surface area contributed by atoms with Crippen LogP contribution in [0.1, 0.15) is 153 Å². The summed E-state index contributed by atoms with van der Waals surface area (Å²) in [6.07, 6.45) is 30.0. The molecule has 0 aliphatic carbocycles. The normalized spacial score (nSPS) is 11.8. The van der Waals surface area contributed by atoms with Crippen LogP contribution in [-0.2, 0) is 12.8 Å². The first-order chi connectivity index (χ1) is 21.6. The number of hydrogen-bond acceptors (Lipinski definition) is 6. The highest BCUT2D eigenvalue weighted by Crippen LogP contribution is 2.50. The summed E-state index contributed by atoms with van der Waals surface area (Å²) in [6, 6.07) is 4.84. The van der Waals surface area contributed by atoms with E-state index in [1.165, 1.54) is 171 Å². The number of thiophene rings is 3. The van der Waals surface area contributed by atoms with Crippen LogP contribution in [0.2, 0.25) is 0 Å². The summed E-state index contributed by atoms with van der Waals surface area (Å²) in [4.78, 5) is 5.30. The van der Waals surface area contributed by atoms with Crippen molar-refractivity contribution < 1.29 is 0 Å². The van der Waals surface area contributed by atoms with Gasteiger partial charge in [-0.05, 0) is 92.3 Å². The quantitative estimate of drug-likeness (QED) is 0.0660. The topological polar surface area (TPSA) is 25.8 Å². The van der Waals surface area contributed by atoms with E-state index in [1.807, 2.05) is 34.0 Å². The number of fused-ring (bicyclic) bond motifs is 1. The largest absolute Gasteiger partial charge is 0.136 e. The molecule has 44 heavy (non-hydrogen) atoms. The summed E-state index contributed by atoms with van der Waals surface area (Å²) in [5.74, 6) is 0. The first-order valence-electron chi connectivity index (χ1n) is 17.4. The number of aryl methyl sites for hydroxylation is 2. The highest BCUT2D eigenvalue weighted by Gasteiger charge is 2.22. The van der Waals surface area contributed by atoms with Gasteiger partial charge < -0.3 is 0 Å². The molecule has 0 saturated carbocycles. The summed E-state index contributed by atoms with van der Waals surface area (Å²) >= 11 is 15.0. The average Bonchev–Trinajstić information content (AvgIpc) is 3.80. The molecule has 0 aliphatic rings. The van der Waals surface area contributed by atoms with Crippen molar-refractivity contribution in [2.75, 3.05) is 0 Å². The minimum atomic E-state index is 1.08. The van der Waals surface area contributed by atoms with Crippen molar-refractivity contribution in [3.8, 4) is 19.5 Å². The van der Waals surface area contributed by atoms with Crippen molar-refractivity contribution in [3.63, 3.8) is 0 Å². The molecule has 8 heteroatoms. The molecule has 0 saturated heterocycles. The molecule has 4 heterocycles. The molecule has 0 amide bonds. The van der Waals surface area contributed by atoms with Gasteiger partial charge in [-0.25, -0.2) is 0 Å². The van der Waals surface area contributed by atoms with Crippen LogP contribution in [0.4, 0.5) is 0 Å². The van der Waals surface area contributed by atoms with Crippen LogP contribution in [0.5, 0.6) is 0 Å². The Morgan fingerprint density at radius 2 is 0.932 bits per heavy atom. The fourth-order valence-corrected chi connectivity index (χ4v) is 11.9. The highest BCUT2D eigenvalue weighted by atomic mass is 79.9. The predicted octanol–water partition coefficient (Wildman–Crippen LogP) is 15.7. The summed E-state index contributed by atoms with van der Waals surface area (Å²) in [5, 5.41) is 4.61. The maximum absolute atomic E-state index is 4.61. The Labute approximate surface area is 300 Å². The molecule has 0 unspecified atom stereocenters. The smallest absolute Gasteiger partial charge is 0.126 e. The van der Waals surface area contributed by atoms with Crippen LogP contribution in [0.25, 0.3) is 29.7 Å². The van der Waals surface area contributed by atoms with Crippen molar-refractivity contribution in [2.45, 2.75) is 155 Å². The van der Waals surface area contributed by atoms with Crippen LogP contribution in [0.3, 0.4) is 0 Å². The Hall–Kier alpha value is -0.120. The number of halogens is 2. The van der Waals surface area contributed by atoms with Crippen LogP contribution in [0.15, 0.2) is 19.7 Å². The van der Waals surface area contributed by atoms with E-state index in [1.54, 1.807) is 11.5 Å². The zero-order valence-corrected chi connectivity index (χ0v) is 33.4. The minimum absolute atomic E-state index is 1.08. The molecule has 244 valence electrons. The van der Waals surface area contributed by atoms with Crippen LogP contribution in [0, 0.1) is 0 Å². The van der Waals surface area contributed by atoms with E-state index in [4.69, 9.17) is 0 Å². The summed E-state index contributed by atoms with van der Waals surface area (Å²) in [7, 11) is 0. The first kappa shape index (κ1) is 36.7. The molecular weight excluding hydrogens is 748 g/mol. The summed E-state index contributed by atoms with van der Waals surface area (Å²) in [6.45, 7) is 4.59. The molecule has 2 nitrogen and oxygen atoms in total. The zero-order valence-electron chi connectivity index (χ0n) is 27.0. The van der Waals surface area contributed by atoms with Crippen molar-refractivity contribution in [3.05, 3.63) is 30.8 Å². The van der Waals surface area contributed by atoms with Crippen molar-refractivity contribution >= 4 is 87.6 Å². The fraction of sp³-hybridized carbons (Fsp3) is 0.667. The molecule has 0 aromatic carbocycles. The summed E-state index contributed by atoms with van der Waals surface area (Å²) in [5.41, 5.74) is 3.99. The molecule has 0 atom stereocenters. The average molecular weight is 801 g/mol.